The molecule has 27 heavy (non-hydrogen) atoms. The first-order valence-corrected chi connectivity index (χ1v) is 8.85. The maximum atomic E-state index is 12.3. The lowest BCUT2D eigenvalue weighted by Gasteiger charge is -2.05. The number of benzene rings is 2. The highest BCUT2D eigenvalue weighted by molar-refractivity contribution is 6.39. The molecule has 0 spiro atoms. The summed E-state index contributed by atoms with van der Waals surface area (Å²) in [6, 6.07) is 12.1. The van der Waals surface area contributed by atoms with Gasteiger partial charge in [-0.15, -0.1) is 0 Å². The number of anilines is 1. The normalized spacial score (nSPS) is 11.0. The summed E-state index contributed by atoms with van der Waals surface area (Å²) in [7, 11) is 1.27. The number of hydrogen-bond acceptors (Lipinski definition) is 5. The summed E-state index contributed by atoms with van der Waals surface area (Å²) < 4.78 is 10.2. The number of esters is 1. The average Bonchev–Trinajstić information content (AvgIpc) is 3.06. The molecule has 2 aromatic carbocycles. The van der Waals surface area contributed by atoms with Crippen LogP contribution in [0, 0.1) is 0 Å². The number of carbonyl (C=O) groups is 1. The second kappa shape index (κ2) is 8.48. The Bertz CT molecular complexity index is 978. The monoisotopic (exact) mass is 422 g/mol. The third-order valence-corrected chi connectivity index (χ3v) is 4.52. The van der Waals surface area contributed by atoms with Crippen LogP contribution in [0.25, 0.3) is 17.3 Å². The van der Waals surface area contributed by atoms with Gasteiger partial charge < -0.3 is 14.6 Å². The Morgan fingerprint density at radius 2 is 1.78 bits per heavy atom. The fourth-order valence-corrected chi connectivity index (χ4v) is 3.07. The molecule has 0 aliphatic carbocycles. The Morgan fingerprint density at radius 1 is 1.11 bits per heavy atom. The van der Waals surface area contributed by atoms with Crippen LogP contribution in [0.5, 0.6) is 0 Å². The van der Waals surface area contributed by atoms with Gasteiger partial charge in [0.15, 0.2) is 5.76 Å². The zero-order valence-electron chi connectivity index (χ0n) is 14.0. The van der Waals surface area contributed by atoms with Gasteiger partial charge in [-0.25, -0.2) is 4.79 Å². The van der Waals surface area contributed by atoms with Crippen LogP contribution < -0.4 is 5.32 Å². The SMILES string of the molecule is COC(=O)c1c(-c2c(Cl)cccc2Cl)noc1C=CNc1ccc(Cl)cc1. The molecule has 8 heteroatoms. The van der Waals surface area contributed by atoms with Gasteiger partial charge in [0.25, 0.3) is 0 Å². The molecule has 0 amide bonds. The topological polar surface area (TPSA) is 64.4 Å². The zero-order valence-corrected chi connectivity index (χ0v) is 16.3. The van der Waals surface area contributed by atoms with Crippen molar-refractivity contribution >= 4 is 52.5 Å². The van der Waals surface area contributed by atoms with Crippen molar-refractivity contribution in [2.45, 2.75) is 0 Å². The quantitative estimate of drug-likeness (QED) is 0.497. The molecule has 0 saturated carbocycles. The van der Waals surface area contributed by atoms with Crippen molar-refractivity contribution in [1.82, 2.24) is 5.16 Å². The van der Waals surface area contributed by atoms with E-state index in [1.54, 1.807) is 42.6 Å². The molecule has 0 fully saturated rings. The Labute approximate surface area is 170 Å². The van der Waals surface area contributed by atoms with Crippen LogP contribution in [0.15, 0.2) is 53.2 Å². The van der Waals surface area contributed by atoms with E-state index < -0.39 is 5.97 Å². The predicted molar refractivity (Wildman–Crippen MR) is 107 cm³/mol. The van der Waals surface area contributed by atoms with E-state index in [9.17, 15) is 4.79 Å². The van der Waals surface area contributed by atoms with Gasteiger partial charge >= 0.3 is 5.97 Å². The lowest BCUT2D eigenvalue weighted by atomic mass is 10.1. The Kier molecular flexibility index (Phi) is 6.06. The summed E-state index contributed by atoms with van der Waals surface area (Å²) >= 11 is 18.3. The standard InChI is InChI=1S/C19H13Cl3N2O3/c1-26-19(25)17-15(9-10-23-12-7-5-11(20)6-8-12)27-24-18(17)16-13(21)3-2-4-14(16)22/h2-10,23H,1H3. The van der Waals surface area contributed by atoms with Crippen molar-refractivity contribution in [2.24, 2.45) is 0 Å². The van der Waals surface area contributed by atoms with E-state index in [1.165, 1.54) is 7.11 Å². The summed E-state index contributed by atoms with van der Waals surface area (Å²) in [6.07, 6.45) is 3.16. The second-order valence-corrected chi connectivity index (χ2v) is 6.59. The van der Waals surface area contributed by atoms with Gasteiger partial charge in [-0.1, -0.05) is 46.0 Å². The molecular formula is C19H13Cl3N2O3. The number of rotatable bonds is 5. The van der Waals surface area contributed by atoms with Crippen LogP contribution in [0.2, 0.25) is 15.1 Å². The van der Waals surface area contributed by atoms with E-state index in [4.69, 9.17) is 44.1 Å². The minimum atomic E-state index is -0.617. The summed E-state index contributed by atoms with van der Waals surface area (Å²) in [4.78, 5) is 12.3. The van der Waals surface area contributed by atoms with Gasteiger partial charge in [0, 0.05) is 28.5 Å². The van der Waals surface area contributed by atoms with Gasteiger partial charge in [0.2, 0.25) is 0 Å². The highest BCUT2D eigenvalue weighted by Crippen LogP contribution is 2.37. The van der Waals surface area contributed by atoms with Crippen molar-refractivity contribution in [3.63, 3.8) is 0 Å². The molecule has 1 heterocycles. The molecule has 0 saturated heterocycles. The maximum Gasteiger partial charge on any atom is 0.344 e. The minimum Gasteiger partial charge on any atom is -0.465 e. The highest BCUT2D eigenvalue weighted by atomic mass is 35.5. The second-order valence-electron chi connectivity index (χ2n) is 5.34. The Hall–Kier alpha value is -2.47. The van der Waals surface area contributed by atoms with E-state index in [1.807, 2.05) is 12.1 Å². The molecule has 0 atom stereocenters. The molecule has 0 aliphatic rings. The third kappa shape index (κ3) is 4.27. The van der Waals surface area contributed by atoms with E-state index in [2.05, 4.69) is 10.5 Å². The van der Waals surface area contributed by atoms with Crippen molar-refractivity contribution in [3.8, 4) is 11.3 Å². The number of hydrogen-bond donors (Lipinski definition) is 1. The summed E-state index contributed by atoms with van der Waals surface area (Å²) in [5.41, 5.74) is 1.55. The van der Waals surface area contributed by atoms with Gasteiger partial charge in [0.05, 0.1) is 17.2 Å². The van der Waals surface area contributed by atoms with Crippen LogP contribution >= 0.6 is 34.8 Å². The minimum absolute atomic E-state index is 0.127. The first kappa shape index (κ1) is 19.3. The van der Waals surface area contributed by atoms with E-state index in [0.717, 1.165) is 5.69 Å². The number of ether oxygens (including phenoxy) is 1. The van der Waals surface area contributed by atoms with Gasteiger partial charge in [0.1, 0.15) is 11.3 Å². The molecule has 138 valence electrons. The van der Waals surface area contributed by atoms with E-state index >= 15 is 0 Å². The Balaban J connectivity index is 1.96. The first-order chi connectivity index (χ1) is 13.0. The number of methoxy groups -OCH3 is 1. The van der Waals surface area contributed by atoms with Crippen molar-refractivity contribution in [2.75, 3.05) is 12.4 Å². The average molecular weight is 424 g/mol. The van der Waals surface area contributed by atoms with E-state index in [0.29, 0.717) is 20.6 Å². The molecule has 1 N–H and O–H groups in total. The number of aromatic nitrogens is 1. The van der Waals surface area contributed by atoms with Crippen molar-refractivity contribution in [3.05, 3.63) is 75.1 Å². The van der Waals surface area contributed by atoms with Crippen LogP contribution in [-0.2, 0) is 4.74 Å². The molecule has 0 aliphatic heterocycles. The van der Waals surface area contributed by atoms with Crippen LogP contribution in [-0.4, -0.2) is 18.2 Å². The fraction of sp³-hybridized carbons (Fsp3) is 0.0526. The lowest BCUT2D eigenvalue weighted by molar-refractivity contribution is 0.0600. The van der Waals surface area contributed by atoms with Crippen LogP contribution in [0.3, 0.4) is 0 Å². The van der Waals surface area contributed by atoms with Crippen molar-refractivity contribution < 1.29 is 14.1 Å². The number of halogens is 3. The molecular weight excluding hydrogens is 411 g/mol. The highest BCUT2D eigenvalue weighted by Gasteiger charge is 2.26. The zero-order chi connectivity index (χ0) is 19.4. The van der Waals surface area contributed by atoms with E-state index in [-0.39, 0.29) is 17.0 Å². The van der Waals surface area contributed by atoms with Gasteiger partial charge in [-0.05, 0) is 36.4 Å². The molecule has 0 unspecified atom stereocenters. The fourth-order valence-electron chi connectivity index (χ4n) is 2.37. The molecule has 0 bridgehead atoms. The molecule has 3 aromatic rings. The molecule has 3 rings (SSSR count). The van der Waals surface area contributed by atoms with Crippen LogP contribution in [0.4, 0.5) is 5.69 Å². The lowest BCUT2D eigenvalue weighted by Crippen LogP contribution is -2.04. The van der Waals surface area contributed by atoms with Crippen molar-refractivity contribution in [1.29, 1.82) is 0 Å². The molecule has 5 nitrogen and oxygen atoms in total. The van der Waals surface area contributed by atoms with Gasteiger partial charge in [-0.2, -0.15) is 0 Å². The third-order valence-electron chi connectivity index (χ3n) is 3.64. The number of nitrogens with one attached hydrogen (secondary N) is 1. The Morgan fingerprint density at radius 3 is 2.41 bits per heavy atom. The maximum absolute atomic E-state index is 12.3. The summed E-state index contributed by atoms with van der Waals surface area (Å²) in [6.45, 7) is 0. The molecule has 1 aromatic heterocycles. The number of carbonyl (C=O) groups excluding carboxylic acids is 1. The summed E-state index contributed by atoms with van der Waals surface area (Å²) in [5.74, 6) is -0.414. The smallest absolute Gasteiger partial charge is 0.344 e. The molecule has 0 radical (unpaired) electrons. The predicted octanol–water partition coefficient (Wildman–Crippen LogP) is 6.17. The summed E-state index contributed by atoms with van der Waals surface area (Å²) in [5, 5.41) is 8.34. The van der Waals surface area contributed by atoms with Gasteiger partial charge in [-0.3, -0.25) is 0 Å². The van der Waals surface area contributed by atoms with Crippen LogP contribution in [0.1, 0.15) is 16.1 Å². The number of nitrogens with zero attached hydrogens (tertiary/aromatic N) is 1. The largest absolute Gasteiger partial charge is 0.465 e. The first-order valence-electron chi connectivity index (χ1n) is 7.72.